The van der Waals surface area contributed by atoms with Gasteiger partial charge in [-0.15, -0.1) is 0 Å². The summed E-state index contributed by atoms with van der Waals surface area (Å²) in [5.74, 6) is 0.824. The minimum Gasteiger partial charge on any atom is -0.496 e. The van der Waals surface area contributed by atoms with Crippen molar-refractivity contribution in [2.75, 3.05) is 12.4 Å². The fourth-order valence-electron chi connectivity index (χ4n) is 2.79. The van der Waals surface area contributed by atoms with E-state index in [2.05, 4.69) is 16.7 Å². The zero-order valence-electron chi connectivity index (χ0n) is 12.6. The number of nitrogens with one attached hydrogen (secondary N) is 2. The molecule has 0 aromatic heterocycles. The fraction of sp³-hybridized carbons (Fsp3) is 0.278. The number of hydrogen-bond donors (Lipinski definition) is 2. The summed E-state index contributed by atoms with van der Waals surface area (Å²) in [6.07, 6.45) is 1.74. The summed E-state index contributed by atoms with van der Waals surface area (Å²) in [6.45, 7) is 0.475. The number of ether oxygens (including phenoxy) is 1. The maximum atomic E-state index is 12.4. The molecular formula is C18H20N2O2. The van der Waals surface area contributed by atoms with Crippen LogP contribution in [0.5, 0.6) is 5.75 Å². The number of fused-ring (bicyclic) bond motifs is 1. The van der Waals surface area contributed by atoms with Crippen molar-refractivity contribution < 1.29 is 9.53 Å². The summed E-state index contributed by atoms with van der Waals surface area (Å²) in [7, 11) is 1.64. The van der Waals surface area contributed by atoms with Gasteiger partial charge in [0.15, 0.2) is 0 Å². The van der Waals surface area contributed by atoms with E-state index in [4.69, 9.17) is 4.74 Å². The Bertz CT molecular complexity index is 670. The van der Waals surface area contributed by atoms with Crippen LogP contribution in [0.1, 0.15) is 17.5 Å². The molecule has 3 rings (SSSR count). The number of anilines is 1. The van der Waals surface area contributed by atoms with Crippen molar-refractivity contribution in [2.24, 2.45) is 0 Å². The lowest BCUT2D eigenvalue weighted by molar-refractivity contribution is -0.122. The number of amides is 1. The van der Waals surface area contributed by atoms with E-state index in [1.807, 2.05) is 42.5 Å². The number of para-hydroxylation sites is 2. The molecule has 4 heteroatoms. The Balaban J connectivity index is 1.61. The molecule has 0 spiro atoms. The van der Waals surface area contributed by atoms with Crippen LogP contribution in [0.2, 0.25) is 0 Å². The van der Waals surface area contributed by atoms with Gasteiger partial charge in [0.25, 0.3) is 0 Å². The van der Waals surface area contributed by atoms with Crippen molar-refractivity contribution in [2.45, 2.75) is 25.4 Å². The van der Waals surface area contributed by atoms with E-state index in [1.54, 1.807) is 7.11 Å². The third-order valence-electron chi connectivity index (χ3n) is 4.01. The number of aryl methyl sites for hydroxylation is 1. The molecule has 1 unspecified atom stereocenters. The molecule has 1 aliphatic rings. The topological polar surface area (TPSA) is 50.4 Å². The van der Waals surface area contributed by atoms with Crippen molar-refractivity contribution in [3.63, 3.8) is 0 Å². The first-order chi connectivity index (χ1) is 10.8. The minimum atomic E-state index is -0.176. The average Bonchev–Trinajstić information content (AvgIpc) is 2.59. The van der Waals surface area contributed by atoms with Crippen molar-refractivity contribution in [3.8, 4) is 5.75 Å². The van der Waals surface area contributed by atoms with E-state index < -0.39 is 0 Å². The maximum absolute atomic E-state index is 12.4. The van der Waals surface area contributed by atoms with Crippen LogP contribution in [0.25, 0.3) is 0 Å². The van der Waals surface area contributed by atoms with E-state index in [0.29, 0.717) is 6.54 Å². The molecule has 0 fully saturated rings. The molecular weight excluding hydrogens is 276 g/mol. The molecule has 1 heterocycles. The molecule has 0 saturated heterocycles. The largest absolute Gasteiger partial charge is 0.496 e. The molecule has 22 heavy (non-hydrogen) atoms. The highest BCUT2D eigenvalue weighted by atomic mass is 16.5. The lowest BCUT2D eigenvalue weighted by Gasteiger charge is -2.26. The smallest absolute Gasteiger partial charge is 0.242 e. The number of benzene rings is 2. The molecule has 2 aromatic carbocycles. The third-order valence-corrected chi connectivity index (χ3v) is 4.01. The first-order valence-corrected chi connectivity index (χ1v) is 7.52. The number of methoxy groups -OCH3 is 1. The standard InChI is InChI=1S/C18H20N2O2/c1-22-17-9-5-3-7-14(17)12-19-18(21)16-11-10-13-6-2-4-8-15(13)20-16/h2-9,16,20H,10-12H2,1H3,(H,19,21). The third kappa shape index (κ3) is 3.06. The van der Waals surface area contributed by atoms with Crippen molar-refractivity contribution in [1.82, 2.24) is 5.32 Å². The van der Waals surface area contributed by atoms with Crippen molar-refractivity contribution >= 4 is 11.6 Å². The summed E-state index contributed by atoms with van der Waals surface area (Å²) in [5.41, 5.74) is 3.32. The Labute approximate surface area is 130 Å². The number of carbonyl (C=O) groups is 1. The Morgan fingerprint density at radius 2 is 2.00 bits per heavy atom. The van der Waals surface area contributed by atoms with Crippen LogP contribution in [0, 0.1) is 0 Å². The molecule has 114 valence electrons. The molecule has 1 aliphatic heterocycles. The molecule has 0 radical (unpaired) electrons. The first-order valence-electron chi connectivity index (χ1n) is 7.52. The minimum absolute atomic E-state index is 0.0282. The summed E-state index contributed by atoms with van der Waals surface area (Å²) >= 11 is 0. The van der Waals surface area contributed by atoms with Crippen molar-refractivity contribution in [3.05, 3.63) is 59.7 Å². The molecule has 2 aromatic rings. The SMILES string of the molecule is COc1ccccc1CNC(=O)C1CCc2ccccc2N1. The number of hydrogen-bond acceptors (Lipinski definition) is 3. The quantitative estimate of drug-likeness (QED) is 0.912. The van der Waals surface area contributed by atoms with Crippen LogP contribution in [-0.4, -0.2) is 19.1 Å². The van der Waals surface area contributed by atoms with Gasteiger partial charge in [-0.05, 0) is 30.5 Å². The fourth-order valence-corrected chi connectivity index (χ4v) is 2.79. The van der Waals surface area contributed by atoms with Gasteiger partial charge in [-0.1, -0.05) is 36.4 Å². The number of rotatable bonds is 4. The van der Waals surface area contributed by atoms with Crippen molar-refractivity contribution in [1.29, 1.82) is 0 Å². The van der Waals surface area contributed by atoms with Crippen LogP contribution in [0.15, 0.2) is 48.5 Å². The predicted molar refractivity (Wildman–Crippen MR) is 87.0 cm³/mol. The van der Waals surface area contributed by atoms with Gasteiger partial charge >= 0.3 is 0 Å². The van der Waals surface area contributed by atoms with Gasteiger partial charge in [0.1, 0.15) is 11.8 Å². The van der Waals surface area contributed by atoms with Gasteiger partial charge in [0.05, 0.1) is 7.11 Å². The molecule has 0 aliphatic carbocycles. The molecule has 1 amide bonds. The highest BCUT2D eigenvalue weighted by Crippen LogP contribution is 2.24. The molecule has 1 atom stereocenters. The summed E-state index contributed by atoms with van der Waals surface area (Å²) in [5, 5.41) is 6.31. The Morgan fingerprint density at radius 1 is 1.23 bits per heavy atom. The summed E-state index contributed by atoms with van der Waals surface area (Å²) in [6, 6.07) is 15.7. The van der Waals surface area contributed by atoms with Gasteiger partial charge in [-0.2, -0.15) is 0 Å². The van der Waals surface area contributed by atoms with Crippen LogP contribution in [0.3, 0.4) is 0 Å². The Kier molecular flexibility index (Phi) is 4.28. The van der Waals surface area contributed by atoms with Gasteiger partial charge in [0.2, 0.25) is 5.91 Å². The summed E-state index contributed by atoms with van der Waals surface area (Å²) in [4.78, 5) is 12.4. The van der Waals surface area contributed by atoms with E-state index in [1.165, 1.54) is 5.56 Å². The van der Waals surface area contributed by atoms with Crippen LogP contribution >= 0.6 is 0 Å². The second-order valence-corrected chi connectivity index (χ2v) is 5.42. The van der Waals surface area contributed by atoms with Gasteiger partial charge in [-0.25, -0.2) is 0 Å². The van der Waals surface area contributed by atoms with Gasteiger partial charge < -0.3 is 15.4 Å². The van der Waals surface area contributed by atoms with Crippen LogP contribution in [0.4, 0.5) is 5.69 Å². The van der Waals surface area contributed by atoms with Gasteiger partial charge in [0, 0.05) is 17.8 Å². The second-order valence-electron chi connectivity index (χ2n) is 5.42. The molecule has 2 N–H and O–H groups in total. The highest BCUT2D eigenvalue weighted by Gasteiger charge is 2.23. The highest BCUT2D eigenvalue weighted by molar-refractivity contribution is 5.85. The van der Waals surface area contributed by atoms with E-state index in [-0.39, 0.29) is 11.9 Å². The molecule has 0 saturated carbocycles. The Hall–Kier alpha value is -2.49. The lowest BCUT2D eigenvalue weighted by atomic mass is 9.97. The zero-order chi connectivity index (χ0) is 15.4. The van der Waals surface area contributed by atoms with Crippen LogP contribution in [-0.2, 0) is 17.8 Å². The predicted octanol–water partition coefficient (Wildman–Crippen LogP) is 2.74. The van der Waals surface area contributed by atoms with E-state index in [9.17, 15) is 4.79 Å². The molecule has 0 bridgehead atoms. The Morgan fingerprint density at radius 3 is 2.86 bits per heavy atom. The lowest BCUT2D eigenvalue weighted by Crippen LogP contribution is -2.41. The normalized spacial score (nSPS) is 16.3. The first kappa shape index (κ1) is 14.4. The average molecular weight is 296 g/mol. The second kappa shape index (κ2) is 6.52. The van der Waals surface area contributed by atoms with Crippen LogP contribution < -0.4 is 15.4 Å². The monoisotopic (exact) mass is 296 g/mol. The number of carbonyl (C=O) groups excluding carboxylic acids is 1. The zero-order valence-corrected chi connectivity index (χ0v) is 12.6. The summed E-state index contributed by atoms with van der Waals surface area (Å²) < 4.78 is 5.30. The van der Waals surface area contributed by atoms with E-state index in [0.717, 1.165) is 29.8 Å². The van der Waals surface area contributed by atoms with E-state index >= 15 is 0 Å². The van der Waals surface area contributed by atoms with Gasteiger partial charge in [-0.3, -0.25) is 4.79 Å². The molecule has 4 nitrogen and oxygen atoms in total. The maximum Gasteiger partial charge on any atom is 0.242 e.